The summed E-state index contributed by atoms with van der Waals surface area (Å²) in [5, 5.41) is 20.2. The molecule has 1 spiro atoms. The summed E-state index contributed by atoms with van der Waals surface area (Å²) in [5.41, 5.74) is -0.220. The average molecular weight is 233 g/mol. The molecule has 0 aromatic rings. The Morgan fingerprint density at radius 3 is 2.88 bits per heavy atom. The van der Waals surface area contributed by atoms with Crippen LogP contribution < -0.4 is 0 Å². The van der Waals surface area contributed by atoms with E-state index in [2.05, 4.69) is 0 Å². The summed E-state index contributed by atoms with van der Waals surface area (Å²) in [4.78, 5) is 21.9. The van der Waals surface area contributed by atoms with Gasteiger partial charge in [0.15, 0.2) is 0 Å². The first kappa shape index (κ1) is 10.3. The highest BCUT2D eigenvalue weighted by Gasteiger charge is 2.59. The number of aliphatic carboxylic acids is 1. The molecule has 0 amide bonds. The molecule has 3 atom stereocenters. The van der Waals surface area contributed by atoms with Crippen LogP contribution in [0.5, 0.6) is 0 Å². The van der Waals surface area contributed by atoms with Gasteiger partial charge < -0.3 is 5.11 Å². The summed E-state index contributed by atoms with van der Waals surface area (Å²) >= 11 is 0. The van der Waals surface area contributed by atoms with Gasteiger partial charge in [0.05, 0.1) is 10.3 Å². The lowest BCUT2D eigenvalue weighted by Gasteiger charge is -2.32. The van der Waals surface area contributed by atoms with E-state index in [0.29, 0.717) is 18.4 Å². The Labute approximate surface area is 97.3 Å². The van der Waals surface area contributed by atoms with E-state index in [1.165, 1.54) is 12.2 Å². The van der Waals surface area contributed by atoms with E-state index in [0.717, 1.165) is 0 Å². The predicted molar refractivity (Wildman–Crippen MR) is 58.6 cm³/mol. The van der Waals surface area contributed by atoms with Crippen molar-refractivity contribution in [1.82, 2.24) is 0 Å². The van der Waals surface area contributed by atoms with Gasteiger partial charge in [0.1, 0.15) is 0 Å². The number of hydrogen-bond acceptors (Lipinski definition) is 3. The maximum absolute atomic E-state index is 11.2. The molecule has 3 unspecified atom stereocenters. The number of carboxylic acids is 1. The molecule has 0 heterocycles. The number of nitrogens with zero attached hydrogens (tertiary/aromatic N) is 1. The van der Waals surface area contributed by atoms with Crippen LogP contribution in [-0.4, -0.2) is 16.0 Å². The minimum Gasteiger partial charge on any atom is -0.478 e. The standard InChI is InChI=1S/C12H11NO4/c14-11(15)8-1-2-10(13(16)17)12-4-3-7(6-12)5-9(8)12/h1-4,7,9H,5-6H2,(H,14,15). The molecule has 1 saturated carbocycles. The molecule has 0 aromatic heterocycles. The number of hydrogen-bond donors (Lipinski definition) is 1. The van der Waals surface area contributed by atoms with Crippen molar-refractivity contribution in [2.75, 3.05) is 0 Å². The summed E-state index contributed by atoms with van der Waals surface area (Å²) in [6.45, 7) is 0. The summed E-state index contributed by atoms with van der Waals surface area (Å²) in [6.07, 6.45) is 7.97. The van der Waals surface area contributed by atoms with E-state index in [9.17, 15) is 14.9 Å². The topological polar surface area (TPSA) is 80.4 Å². The van der Waals surface area contributed by atoms with E-state index < -0.39 is 11.4 Å². The van der Waals surface area contributed by atoms with Crippen LogP contribution in [0.1, 0.15) is 12.8 Å². The van der Waals surface area contributed by atoms with Gasteiger partial charge >= 0.3 is 5.97 Å². The van der Waals surface area contributed by atoms with Gasteiger partial charge in [-0.15, -0.1) is 0 Å². The third-order valence-corrected chi connectivity index (χ3v) is 4.14. The Balaban J connectivity index is 2.16. The van der Waals surface area contributed by atoms with Gasteiger partial charge in [-0.25, -0.2) is 4.79 Å². The second kappa shape index (κ2) is 3.06. The van der Waals surface area contributed by atoms with Crippen molar-refractivity contribution < 1.29 is 14.8 Å². The summed E-state index contributed by atoms with van der Waals surface area (Å²) in [6, 6.07) is 0. The lowest BCUT2D eigenvalue weighted by atomic mass is 9.69. The third-order valence-electron chi connectivity index (χ3n) is 4.14. The van der Waals surface area contributed by atoms with Gasteiger partial charge in [-0.05, 0) is 24.8 Å². The Morgan fingerprint density at radius 2 is 2.29 bits per heavy atom. The molecule has 5 nitrogen and oxygen atoms in total. The maximum atomic E-state index is 11.2. The van der Waals surface area contributed by atoms with Crippen LogP contribution in [0.2, 0.25) is 0 Å². The number of carboxylic acid groups (broad SMARTS) is 1. The summed E-state index contributed by atoms with van der Waals surface area (Å²) < 4.78 is 0. The van der Waals surface area contributed by atoms with Crippen molar-refractivity contribution >= 4 is 5.97 Å². The van der Waals surface area contributed by atoms with Crippen molar-refractivity contribution in [3.63, 3.8) is 0 Å². The number of carbonyl (C=O) groups is 1. The SMILES string of the molecule is O=C(O)C1=CC=C([N+](=O)[O-])C23C=CC(CC12)C3. The van der Waals surface area contributed by atoms with Gasteiger partial charge in [-0.1, -0.05) is 12.2 Å². The fraction of sp³-hybridized carbons (Fsp3) is 0.417. The number of allylic oxidation sites excluding steroid dienone is 4. The normalized spacial score (nSPS) is 37.4. The Hall–Kier alpha value is -1.91. The van der Waals surface area contributed by atoms with E-state index in [4.69, 9.17) is 5.11 Å². The van der Waals surface area contributed by atoms with Gasteiger partial charge in [-0.2, -0.15) is 0 Å². The van der Waals surface area contributed by atoms with Crippen molar-refractivity contribution in [2.45, 2.75) is 12.8 Å². The third kappa shape index (κ3) is 1.16. The molecule has 0 saturated heterocycles. The van der Waals surface area contributed by atoms with Crippen LogP contribution >= 0.6 is 0 Å². The van der Waals surface area contributed by atoms with Crippen LogP contribution in [-0.2, 0) is 4.79 Å². The molecule has 2 bridgehead atoms. The first-order valence-corrected chi connectivity index (χ1v) is 5.54. The highest BCUT2D eigenvalue weighted by molar-refractivity contribution is 5.88. The second-order valence-electron chi connectivity index (χ2n) is 4.89. The molecule has 3 aliphatic carbocycles. The zero-order valence-corrected chi connectivity index (χ0v) is 9.00. The van der Waals surface area contributed by atoms with Crippen LogP contribution in [0.4, 0.5) is 0 Å². The molecular formula is C12H11NO4. The second-order valence-corrected chi connectivity index (χ2v) is 4.89. The molecule has 3 aliphatic rings. The minimum absolute atomic E-state index is 0.142. The fourth-order valence-corrected chi connectivity index (χ4v) is 3.48. The van der Waals surface area contributed by atoms with Crippen LogP contribution in [0, 0.1) is 27.4 Å². The fourth-order valence-electron chi connectivity index (χ4n) is 3.48. The molecule has 3 rings (SSSR count). The molecule has 88 valence electrons. The zero-order chi connectivity index (χ0) is 12.2. The van der Waals surface area contributed by atoms with Gasteiger partial charge in [0, 0.05) is 17.6 Å². The molecule has 0 aliphatic heterocycles. The smallest absolute Gasteiger partial charge is 0.331 e. The lowest BCUT2D eigenvalue weighted by Crippen LogP contribution is -2.34. The highest BCUT2D eigenvalue weighted by Crippen LogP contribution is 2.60. The molecule has 0 radical (unpaired) electrons. The first-order valence-electron chi connectivity index (χ1n) is 5.54. The van der Waals surface area contributed by atoms with Crippen LogP contribution in [0.15, 0.2) is 35.6 Å². The molecule has 5 heteroatoms. The zero-order valence-electron chi connectivity index (χ0n) is 9.00. The van der Waals surface area contributed by atoms with Crippen molar-refractivity contribution in [2.24, 2.45) is 17.3 Å². The minimum atomic E-state index is -0.964. The first-order chi connectivity index (χ1) is 8.04. The number of rotatable bonds is 2. The summed E-state index contributed by atoms with van der Waals surface area (Å²) in [5.74, 6) is -0.918. The molecule has 1 N–H and O–H groups in total. The Kier molecular flexibility index (Phi) is 1.85. The average Bonchev–Trinajstić information content (AvgIpc) is 2.82. The molecule has 17 heavy (non-hydrogen) atoms. The van der Waals surface area contributed by atoms with Crippen molar-refractivity contribution in [3.05, 3.63) is 45.7 Å². The largest absolute Gasteiger partial charge is 0.478 e. The number of nitro groups is 1. The van der Waals surface area contributed by atoms with Gasteiger partial charge in [0.2, 0.25) is 0 Å². The summed E-state index contributed by atoms with van der Waals surface area (Å²) in [7, 11) is 0. The van der Waals surface area contributed by atoms with E-state index in [-0.39, 0.29) is 22.5 Å². The van der Waals surface area contributed by atoms with Crippen LogP contribution in [0.3, 0.4) is 0 Å². The molecule has 0 aromatic carbocycles. The number of fused-ring (bicyclic) bond motifs is 1. The predicted octanol–water partition coefficient (Wildman–Crippen LogP) is 1.75. The quantitative estimate of drug-likeness (QED) is 0.447. The molecular weight excluding hydrogens is 222 g/mol. The Bertz CT molecular complexity index is 517. The van der Waals surface area contributed by atoms with Crippen molar-refractivity contribution in [3.8, 4) is 0 Å². The van der Waals surface area contributed by atoms with Crippen LogP contribution in [0.25, 0.3) is 0 Å². The van der Waals surface area contributed by atoms with E-state index in [1.54, 1.807) is 0 Å². The maximum Gasteiger partial charge on any atom is 0.331 e. The van der Waals surface area contributed by atoms with E-state index in [1.807, 2.05) is 12.2 Å². The highest BCUT2D eigenvalue weighted by atomic mass is 16.6. The monoisotopic (exact) mass is 233 g/mol. The lowest BCUT2D eigenvalue weighted by molar-refractivity contribution is -0.440. The van der Waals surface area contributed by atoms with Gasteiger partial charge in [0.25, 0.3) is 5.70 Å². The van der Waals surface area contributed by atoms with E-state index >= 15 is 0 Å². The Morgan fingerprint density at radius 1 is 1.53 bits per heavy atom. The van der Waals surface area contributed by atoms with Crippen molar-refractivity contribution in [1.29, 1.82) is 0 Å². The van der Waals surface area contributed by atoms with Gasteiger partial charge in [-0.3, -0.25) is 10.1 Å². The molecule has 1 fully saturated rings.